The van der Waals surface area contributed by atoms with Crippen LogP contribution in [0.2, 0.25) is 0 Å². The van der Waals surface area contributed by atoms with Gasteiger partial charge in [-0.3, -0.25) is 10.1 Å². The summed E-state index contributed by atoms with van der Waals surface area (Å²) in [5.41, 5.74) is 9.60. The second-order valence-corrected chi connectivity index (χ2v) is 7.14. The van der Waals surface area contributed by atoms with Crippen LogP contribution < -0.4 is 9.47 Å². The van der Waals surface area contributed by atoms with Gasteiger partial charge in [0.1, 0.15) is 29.7 Å². The number of methoxy groups -OCH3 is 1. The van der Waals surface area contributed by atoms with Gasteiger partial charge in [-0.2, -0.15) is 0 Å². The number of benzene rings is 2. The average Bonchev–Trinajstić information content (AvgIpc) is 2.82. The Labute approximate surface area is 182 Å². The Morgan fingerprint density at radius 2 is 1.84 bits per heavy atom. The van der Waals surface area contributed by atoms with Gasteiger partial charge in [-0.25, -0.2) is 0 Å². The number of fused-ring (bicyclic) bond motifs is 1. The van der Waals surface area contributed by atoms with Crippen LogP contribution in [-0.2, 0) is 14.2 Å². The van der Waals surface area contributed by atoms with Gasteiger partial charge in [-0.1, -0.05) is 17.2 Å². The van der Waals surface area contributed by atoms with Gasteiger partial charge in [-0.05, 0) is 29.8 Å². The van der Waals surface area contributed by atoms with Crippen LogP contribution in [0, 0.1) is 10.1 Å². The lowest BCUT2D eigenvalue weighted by Crippen LogP contribution is -2.62. The molecule has 12 heteroatoms. The molecule has 32 heavy (non-hydrogen) atoms. The number of nitrogens with zero attached hydrogens (tertiary/aromatic N) is 4. The highest BCUT2D eigenvalue weighted by atomic mass is 16.7. The topological polar surface area (TPSA) is 158 Å². The third kappa shape index (κ3) is 4.44. The van der Waals surface area contributed by atoms with E-state index in [1.165, 1.54) is 24.3 Å². The predicted octanol–water partition coefficient (Wildman–Crippen LogP) is 2.86. The van der Waals surface area contributed by atoms with Gasteiger partial charge < -0.3 is 28.8 Å². The van der Waals surface area contributed by atoms with Crippen molar-refractivity contribution in [1.29, 1.82) is 0 Å². The molecule has 2 heterocycles. The summed E-state index contributed by atoms with van der Waals surface area (Å²) in [5, 5.41) is 25.3. The zero-order valence-electron chi connectivity index (χ0n) is 16.9. The van der Waals surface area contributed by atoms with E-state index in [1.807, 2.05) is 0 Å². The predicted molar refractivity (Wildman–Crippen MR) is 108 cm³/mol. The first-order valence-electron chi connectivity index (χ1n) is 9.70. The third-order valence-corrected chi connectivity index (χ3v) is 5.21. The van der Waals surface area contributed by atoms with Crippen LogP contribution >= 0.6 is 0 Å². The Kier molecular flexibility index (Phi) is 6.40. The number of aliphatic hydroxyl groups excluding tert-OH is 1. The van der Waals surface area contributed by atoms with E-state index in [0.29, 0.717) is 5.75 Å². The summed E-state index contributed by atoms with van der Waals surface area (Å²) in [6, 6.07) is 11.3. The minimum Gasteiger partial charge on any atom is -0.497 e. The Balaban J connectivity index is 1.49. The molecule has 0 spiro atoms. The minimum atomic E-state index is -1.24. The Morgan fingerprint density at radius 3 is 2.47 bits per heavy atom. The molecule has 168 valence electrons. The van der Waals surface area contributed by atoms with E-state index >= 15 is 0 Å². The standard InChI is InChI=1S/C20H20N4O8/c1-28-13-6-2-11(3-7-13)19-29-10-15-18(32-19)17(25)16(22-23-21)20(31-15)30-14-8-4-12(5-9-14)24(26)27/h2-9,15-20,25H,10H2,1H3/t15-,16-,17-,18+,19?,20+/m1/s1. The highest BCUT2D eigenvalue weighted by Crippen LogP contribution is 2.36. The second kappa shape index (κ2) is 9.39. The van der Waals surface area contributed by atoms with Crippen LogP contribution in [0.5, 0.6) is 11.5 Å². The molecule has 0 saturated carbocycles. The lowest BCUT2D eigenvalue weighted by molar-refractivity contribution is -0.384. The number of aliphatic hydroxyl groups is 1. The molecule has 4 rings (SSSR count). The van der Waals surface area contributed by atoms with Gasteiger partial charge >= 0.3 is 0 Å². The molecule has 2 fully saturated rings. The van der Waals surface area contributed by atoms with Crippen LogP contribution in [0.1, 0.15) is 11.9 Å². The van der Waals surface area contributed by atoms with E-state index in [0.717, 1.165) is 5.56 Å². The number of non-ortho nitro benzene ring substituents is 1. The maximum Gasteiger partial charge on any atom is 0.269 e. The Morgan fingerprint density at radius 1 is 1.16 bits per heavy atom. The van der Waals surface area contributed by atoms with Crippen molar-refractivity contribution in [3.05, 3.63) is 74.7 Å². The van der Waals surface area contributed by atoms with Crippen molar-refractivity contribution >= 4 is 5.69 Å². The molecule has 1 unspecified atom stereocenters. The monoisotopic (exact) mass is 444 g/mol. The first-order valence-corrected chi connectivity index (χ1v) is 9.70. The molecule has 0 bridgehead atoms. The molecule has 0 amide bonds. The third-order valence-electron chi connectivity index (χ3n) is 5.21. The van der Waals surface area contributed by atoms with Crippen LogP contribution in [0.4, 0.5) is 5.69 Å². The van der Waals surface area contributed by atoms with Gasteiger partial charge in [0.25, 0.3) is 5.69 Å². The molecule has 2 aliphatic heterocycles. The second-order valence-electron chi connectivity index (χ2n) is 7.14. The summed E-state index contributed by atoms with van der Waals surface area (Å²) in [5.74, 6) is 0.927. The summed E-state index contributed by atoms with van der Waals surface area (Å²) in [6.07, 6.45) is -4.65. The van der Waals surface area contributed by atoms with Gasteiger partial charge in [-0.15, -0.1) is 0 Å². The maximum atomic E-state index is 10.9. The van der Waals surface area contributed by atoms with Crippen molar-refractivity contribution in [2.24, 2.45) is 5.11 Å². The Hall–Kier alpha value is -3.41. The summed E-state index contributed by atoms with van der Waals surface area (Å²) in [6.45, 7) is 0.0987. The normalized spacial score (nSPS) is 29.3. The zero-order valence-corrected chi connectivity index (χ0v) is 16.9. The number of hydrogen-bond acceptors (Lipinski definition) is 9. The van der Waals surface area contributed by atoms with Crippen molar-refractivity contribution in [2.75, 3.05) is 13.7 Å². The van der Waals surface area contributed by atoms with Crippen LogP contribution in [0.15, 0.2) is 53.6 Å². The van der Waals surface area contributed by atoms with E-state index in [-0.39, 0.29) is 18.0 Å². The first kappa shape index (κ1) is 21.8. The number of ether oxygens (including phenoxy) is 5. The van der Waals surface area contributed by atoms with Crippen LogP contribution in [-0.4, -0.2) is 54.4 Å². The average molecular weight is 444 g/mol. The number of nitro groups is 1. The van der Waals surface area contributed by atoms with Gasteiger partial charge in [0.2, 0.25) is 6.29 Å². The molecular weight excluding hydrogens is 424 g/mol. The highest BCUT2D eigenvalue weighted by molar-refractivity contribution is 5.36. The summed E-state index contributed by atoms with van der Waals surface area (Å²) >= 11 is 0. The van der Waals surface area contributed by atoms with E-state index in [9.17, 15) is 15.2 Å². The molecule has 2 saturated heterocycles. The molecule has 2 aromatic carbocycles. The highest BCUT2D eigenvalue weighted by Gasteiger charge is 2.50. The van der Waals surface area contributed by atoms with Gasteiger partial charge in [0.15, 0.2) is 6.29 Å². The van der Waals surface area contributed by atoms with Gasteiger partial charge in [0.05, 0.1) is 24.7 Å². The fourth-order valence-corrected chi connectivity index (χ4v) is 3.57. The van der Waals surface area contributed by atoms with E-state index in [4.69, 9.17) is 29.2 Å². The summed E-state index contributed by atoms with van der Waals surface area (Å²) in [7, 11) is 1.56. The van der Waals surface area contributed by atoms with E-state index in [2.05, 4.69) is 10.0 Å². The lowest BCUT2D eigenvalue weighted by atomic mass is 9.96. The number of hydrogen-bond donors (Lipinski definition) is 1. The minimum absolute atomic E-state index is 0.0987. The van der Waals surface area contributed by atoms with E-state index in [1.54, 1.807) is 31.4 Å². The molecule has 12 nitrogen and oxygen atoms in total. The van der Waals surface area contributed by atoms with Crippen molar-refractivity contribution in [1.82, 2.24) is 0 Å². The molecule has 0 radical (unpaired) electrons. The molecule has 2 aromatic rings. The number of nitro benzene ring substituents is 1. The quantitative estimate of drug-likeness (QED) is 0.234. The number of azide groups is 1. The molecule has 1 N–H and O–H groups in total. The van der Waals surface area contributed by atoms with Crippen molar-refractivity contribution in [2.45, 2.75) is 36.9 Å². The number of rotatable bonds is 6. The first-order chi connectivity index (χ1) is 15.5. The van der Waals surface area contributed by atoms with Crippen molar-refractivity contribution in [3.63, 3.8) is 0 Å². The zero-order chi connectivity index (χ0) is 22.7. The molecular formula is C20H20N4O8. The maximum absolute atomic E-state index is 10.9. The SMILES string of the molecule is COc1ccc(C2OC[C@H]3O[C@H](Oc4ccc([N+](=O)[O-])cc4)[C@H](N=[N+]=[N-])[C@@H](O)[C@H]3O2)cc1. The molecule has 6 atom stereocenters. The van der Waals surface area contributed by atoms with Crippen LogP contribution in [0.25, 0.3) is 10.4 Å². The van der Waals surface area contributed by atoms with Crippen LogP contribution in [0.3, 0.4) is 0 Å². The summed E-state index contributed by atoms with van der Waals surface area (Å²) in [4.78, 5) is 13.1. The van der Waals surface area contributed by atoms with E-state index < -0.39 is 41.9 Å². The molecule has 2 aliphatic rings. The fourth-order valence-electron chi connectivity index (χ4n) is 3.57. The lowest BCUT2D eigenvalue weighted by Gasteiger charge is -2.46. The van der Waals surface area contributed by atoms with Gasteiger partial charge in [0, 0.05) is 22.6 Å². The smallest absolute Gasteiger partial charge is 0.269 e. The summed E-state index contributed by atoms with van der Waals surface area (Å²) < 4.78 is 28.4. The fraction of sp³-hybridized carbons (Fsp3) is 0.400. The molecule has 0 aliphatic carbocycles. The molecule has 0 aromatic heterocycles. The largest absolute Gasteiger partial charge is 0.497 e. The van der Waals surface area contributed by atoms with Crippen molar-refractivity contribution < 1.29 is 33.7 Å². The Bertz CT molecular complexity index is 996. The van der Waals surface area contributed by atoms with Crippen molar-refractivity contribution in [3.8, 4) is 11.5 Å².